The summed E-state index contributed by atoms with van der Waals surface area (Å²) >= 11 is 0. The van der Waals surface area contributed by atoms with Gasteiger partial charge in [0.05, 0.1) is 0 Å². The van der Waals surface area contributed by atoms with Gasteiger partial charge >= 0.3 is 0 Å². The van der Waals surface area contributed by atoms with Crippen molar-refractivity contribution in [1.82, 2.24) is 0 Å². The van der Waals surface area contributed by atoms with Crippen LogP contribution in [0.5, 0.6) is 11.5 Å². The first-order chi connectivity index (χ1) is 7.18. The van der Waals surface area contributed by atoms with Gasteiger partial charge in [0.1, 0.15) is 0 Å². The van der Waals surface area contributed by atoms with Crippen molar-refractivity contribution < 1.29 is 10.2 Å². The maximum Gasteiger partial charge on any atom is 0.157 e. The molecule has 0 aromatic heterocycles. The van der Waals surface area contributed by atoms with E-state index in [1.807, 2.05) is 6.07 Å². The van der Waals surface area contributed by atoms with Gasteiger partial charge in [-0.1, -0.05) is 18.9 Å². The molecule has 1 aliphatic rings. The molecule has 3 heteroatoms. The molecule has 0 saturated heterocycles. The highest BCUT2D eigenvalue weighted by Gasteiger charge is 2.34. The minimum absolute atomic E-state index is 0.0190. The standard InChI is InChI=1S/C12H17NO2/c13-8-12(5-1-2-6-12)9-3-4-10(14)11(15)7-9/h3-4,7,14-15H,1-2,5-6,8,13H2. The van der Waals surface area contributed by atoms with E-state index in [-0.39, 0.29) is 16.9 Å². The van der Waals surface area contributed by atoms with Gasteiger partial charge < -0.3 is 15.9 Å². The Labute approximate surface area is 89.5 Å². The second kappa shape index (κ2) is 3.74. The molecule has 0 heterocycles. The molecular weight excluding hydrogens is 190 g/mol. The molecule has 0 bridgehead atoms. The summed E-state index contributed by atoms with van der Waals surface area (Å²) in [4.78, 5) is 0. The summed E-state index contributed by atoms with van der Waals surface area (Å²) in [6.07, 6.45) is 4.54. The van der Waals surface area contributed by atoms with Gasteiger partial charge in [0, 0.05) is 12.0 Å². The van der Waals surface area contributed by atoms with E-state index in [0.717, 1.165) is 18.4 Å². The van der Waals surface area contributed by atoms with Gasteiger partial charge in [-0.05, 0) is 30.5 Å². The molecule has 0 unspecified atom stereocenters. The largest absolute Gasteiger partial charge is 0.504 e. The third kappa shape index (κ3) is 1.67. The quantitative estimate of drug-likeness (QED) is 0.648. The predicted molar refractivity (Wildman–Crippen MR) is 59.0 cm³/mol. The second-order valence-electron chi connectivity index (χ2n) is 4.40. The van der Waals surface area contributed by atoms with Crippen molar-refractivity contribution in [3.63, 3.8) is 0 Å². The minimum atomic E-state index is -0.0658. The summed E-state index contributed by atoms with van der Waals surface area (Å²) in [7, 11) is 0. The summed E-state index contributed by atoms with van der Waals surface area (Å²) in [5.41, 5.74) is 6.92. The van der Waals surface area contributed by atoms with Gasteiger partial charge in [0.15, 0.2) is 11.5 Å². The lowest BCUT2D eigenvalue weighted by molar-refractivity contribution is 0.397. The van der Waals surface area contributed by atoms with Crippen LogP contribution in [-0.2, 0) is 5.41 Å². The van der Waals surface area contributed by atoms with Gasteiger partial charge in [-0.25, -0.2) is 0 Å². The molecule has 1 saturated carbocycles. The Bertz CT molecular complexity index is 357. The van der Waals surface area contributed by atoms with Crippen LogP contribution in [0.25, 0.3) is 0 Å². The zero-order chi connectivity index (χ0) is 10.9. The highest BCUT2D eigenvalue weighted by molar-refractivity contribution is 5.43. The van der Waals surface area contributed by atoms with Gasteiger partial charge in [0.25, 0.3) is 0 Å². The van der Waals surface area contributed by atoms with Gasteiger partial charge in [-0.15, -0.1) is 0 Å². The Balaban J connectivity index is 2.38. The van der Waals surface area contributed by atoms with E-state index in [1.165, 1.54) is 12.8 Å². The average Bonchev–Trinajstić information content (AvgIpc) is 2.72. The summed E-state index contributed by atoms with van der Waals surface area (Å²) in [6, 6.07) is 5.06. The number of phenols is 2. The van der Waals surface area contributed by atoms with Crippen molar-refractivity contribution in [2.75, 3.05) is 6.54 Å². The van der Waals surface area contributed by atoms with Crippen molar-refractivity contribution in [3.8, 4) is 11.5 Å². The smallest absolute Gasteiger partial charge is 0.157 e. The van der Waals surface area contributed by atoms with E-state index in [1.54, 1.807) is 12.1 Å². The average molecular weight is 207 g/mol. The number of aromatic hydroxyl groups is 2. The topological polar surface area (TPSA) is 66.5 Å². The molecule has 15 heavy (non-hydrogen) atoms. The SMILES string of the molecule is NCC1(c2ccc(O)c(O)c2)CCCC1. The van der Waals surface area contributed by atoms with Crippen molar-refractivity contribution >= 4 is 0 Å². The fourth-order valence-electron chi connectivity index (χ4n) is 2.52. The molecule has 1 aromatic rings. The van der Waals surface area contributed by atoms with E-state index < -0.39 is 0 Å². The minimum Gasteiger partial charge on any atom is -0.504 e. The van der Waals surface area contributed by atoms with E-state index in [9.17, 15) is 10.2 Å². The van der Waals surface area contributed by atoms with Crippen LogP contribution in [0.4, 0.5) is 0 Å². The number of nitrogens with two attached hydrogens (primary N) is 1. The van der Waals surface area contributed by atoms with Gasteiger partial charge in [-0.2, -0.15) is 0 Å². The molecule has 0 spiro atoms. The number of phenolic OH excluding ortho intramolecular Hbond substituents is 2. The first kappa shape index (κ1) is 10.3. The Hall–Kier alpha value is -1.22. The molecule has 0 amide bonds. The molecule has 1 fully saturated rings. The third-order valence-corrected chi connectivity index (χ3v) is 3.54. The molecule has 0 atom stereocenters. The lowest BCUT2D eigenvalue weighted by Crippen LogP contribution is -2.31. The van der Waals surface area contributed by atoms with Crippen molar-refractivity contribution in [3.05, 3.63) is 23.8 Å². The van der Waals surface area contributed by atoms with Crippen LogP contribution in [0, 0.1) is 0 Å². The first-order valence-corrected chi connectivity index (χ1v) is 5.40. The van der Waals surface area contributed by atoms with Crippen LogP contribution in [0.1, 0.15) is 31.2 Å². The maximum absolute atomic E-state index is 9.48. The van der Waals surface area contributed by atoms with E-state index in [4.69, 9.17) is 5.73 Å². The van der Waals surface area contributed by atoms with Crippen LogP contribution < -0.4 is 5.73 Å². The Morgan fingerprint density at radius 2 is 1.80 bits per heavy atom. The molecule has 3 nitrogen and oxygen atoms in total. The maximum atomic E-state index is 9.48. The van der Waals surface area contributed by atoms with Crippen LogP contribution in [-0.4, -0.2) is 16.8 Å². The third-order valence-electron chi connectivity index (χ3n) is 3.54. The fourth-order valence-corrected chi connectivity index (χ4v) is 2.52. The molecule has 1 aliphatic carbocycles. The highest BCUT2D eigenvalue weighted by atomic mass is 16.3. The van der Waals surface area contributed by atoms with Crippen molar-refractivity contribution in [2.24, 2.45) is 5.73 Å². The Morgan fingerprint density at radius 1 is 1.13 bits per heavy atom. The molecule has 82 valence electrons. The summed E-state index contributed by atoms with van der Waals surface area (Å²) in [5.74, 6) is -0.115. The van der Waals surface area contributed by atoms with Crippen molar-refractivity contribution in [1.29, 1.82) is 0 Å². The van der Waals surface area contributed by atoms with Crippen LogP contribution >= 0.6 is 0 Å². The Morgan fingerprint density at radius 3 is 2.33 bits per heavy atom. The number of hydrogen-bond donors (Lipinski definition) is 3. The molecule has 4 N–H and O–H groups in total. The lowest BCUT2D eigenvalue weighted by Gasteiger charge is -2.28. The lowest BCUT2D eigenvalue weighted by atomic mass is 9.79. The first-order valence-electron chi connectivity index (χ1n) is 5.40. The fraction of sp³-hybridized carbons (Fsp3) is 0.500. The highest BCUT2D eigenvalue weighted by Crippen LogP contribution is 2.42. The summed E-state index contributed by atoms with van der Waals surface area (Å²) in [5, 5.41) is 18.7. The summed E-state index contributed by atoms with van der Waals surface area (Å²) in [6.45, 7) is 0.608. The van der Waals surface area contributed by atoms with E-state index >= 15 is 0 Å². The van der Waals surface area contributed by atoms with Gasteiger partial charge in [-0.3, -0.25) is 0 Å². The van der Waals surface area contributed by atoms with E-state index in [2.05, 4.69) is 0 Å². The number of rotatable bonds is 2. The van der Waals surface area contributed by atoms with Crippen LogP contribution in [0.2, 0.25) is 0 Å². The molecule has 0 aliphatic heterocycles. The van der Waals surface area contributed by atoms with Crippen LogP contribution in [0.15, 0.2) is 18.2 Å². The van der Waals surface area contributed by atoms with Crippen LogP contribution in [0.3, 0.4) is 0 Å². The zero-order valence-corrected chi connectivity index (χ0v) is 8.74. The normalized spacial score (nSPS) is 19.3. The predicted octanol–water partition coefficient (Wildman–Crippen LogP) is 1.87. The molecule has 1 aromatic carbocycles. The Kier molecular flexibility index (Phi) is 2.57. The zero-order valence-electron chi connectivity index (χ0n) is 8.74. The molecular formula is C12H17NO2. The van der Waals surface area contributed by atoms with Crippen molar-refractivity contribution in [2.45, 2.75) is 31.1 Å². The molecule has 2 rings (SSSR count). The molecule has 0 radical (unpaired) electrons. The number of benzene rings is 1. The monoisotopic (exact) mass is 207 g/mol. The second-order valence-corrected chi connectivity index (χ2v) is 4.40. The van der Waals surface area contributed by atoms with Gasteiger partial charge in [0.2, 0.25) is 0 Å². The van der Waals surface area contributed by atoms with E-state index in [0.29, 0.717) is 6.54 Å². The number of hydrogen-bond acceptors (Lipinski definition) is 3. The summed E-state index contributed by atoms with van der Waals surface area (Å²) < 4.78 is 0.